The van der Waals surface area contributed by atoms with E-state index in [-0.39, 0.29) is 18.3 Å². The maximum Gasteiger partial charge on any atom is 0.457 e. The molecule has 0 spiro atoms. The van der Waals surface area contributed by atoms with Gasteiger partial charge in [0.05, 0.1) is 11.2 Å². The molecule has 0 amide bonds. The quantitative estimate of drug-likeness (QED) is 0.535. The molecular weight excluding hydrogens is 199 g/mol. The normalized spacial score (nSPS) is 24.5. The lowest BCUT2D eigenvalue weighted by Crippen LogP contribution is -2.41. The molecule has 0 aromatic carbocycles. The van der Waals surface area contributed by atoms with Gasteiger partial charge in [-0.1, -0.05) is 19.1 Å². The third-order valence-electron chi connectivity index (χ3n) is 3.98. The zero-order valence-corrected chi connectivity index (χ0v) is 11.6. The van der Waals surface area contributed by atoms with Gasteiger partial charge in [-0.25, -0.2) is 0 Å². The Morgan fingerprint density at radius 2 is 1.62 bits per heavy atom. The van der Waals surface area contributed by atoms with Crippen LogP contribution in [0, 0.1) is 5.92 Å². The van der Waals surface area contributed by atoms with Gasteiger partial charge in [0.25, 0.3) is 0 Å². The van der Waals surface area contributed by atoms with Gasteiger partial charge in [0.1, 0.15) is 0 Å². The first-order chi connectivity index (χ1) is 7.16. The number of hydrogen-bond acceptors (Lipinski definition) is 2. The fraction of sp³-hybridized carbons (Fsp3) is 0.846. The molecule has 0 aliphatic carbocycles. The first-order valence-corrected chi connectivity index (χ1v) is 6.17. The summed E-state index contributed by atoms with van der Waals surface area (Å²) >= 11 is 0. The molecule has 1 heterocycles. The second kappa shape index (κ2) is 4.54. The topological polar surface area (TPSA) is 18.5 Å². The molecule has 0 aromatic heterocycles. The maximum atomic E-state index is 5.94. The minimum Gasteiger partial charge on any atom is -0.403 e. The second-order valence-corrected chi connectivity index (χ2v) is 6.01. The standard InChI is InChI=1S/C13H25BO2/c1-10(2)11(3)8-9-14-15-12(4,5)13(6,7)16-14/h11H,1,8-9H2,2-7H3. The van der Waals surface area contributed by atoms with Crippen molar-refractivity contribution < 1.29 is 9.31 Å². The van der Waals surface area contributed by atoms with E-state index in [1.807, 2.05) is 0 Å². The average Bonchev–Trinajstić information content (AvgIpc) is 2.31. The Bertz CT molecular complexity index is 255. The van der Waals surface area contributed by atoms with Crippen LogP contribution in [0.5, 0.6) is 0 Å². The van der Waals surface area contributed by atoms with Crippen molar-refractivity contribution in [1.82, 2.24) is 0 Å². The van der Waals surface area contributed by atoms with Gasteiger partial charge in [0, 0.05) is 0 Å². The van der Waals surface area contributed by atoms with Gasteiger partial charge in [-0.3, -0.25) is 0 Å². The van der Waals surface area contributed by atoms with Crippen molar-refractivity contribution in [2.75, 3.05) is 0 Å². The van der Waals surface area contributed by atoms with Gasteiger partial charge in [-0.2, -0.15) is 0 Å². The van der Waals surface area contributed by atoms with Crippen LogP contribution in [0.25, 0.3) is 0 Å². The summed E-state index contributed by atoms with van der Waals surface area (Å²) in [5.74, 6) is 0.541. The van der Waals surface area contributed by atoms with Crippen LogP contribution in [-0.4, -0.2) is 18.3 Å². The average molecular weight is 224 g/mol. The van der Waals surface area contributed by atoms with Crippen LogP contribution < -0.4 is 0 Å². The Morgan fingerprint density at radius 1 is 1.19 bits per heavy atom. The predicted molar refractivity (Wildman–Crippen MR) is 69.5 cm³/mol. The first kappa shape index (κ1) is 13.8. The summed E-state index contributed by atoms with van der Waals surface area (Å²) < 4.78 is 11.9. The Morgan fingerprint density at radius 3 is 2.00 bits per heavy atom. The van der Waals surface area contributed by atoms with Crippen LogP contribution in [0.15, 0.2) is 12.2 Å². The molecule has 1 fully saturated rings. The van der Waals surface area contributed by atoms with Crippen molar-refractivity contribution in [3.05, 3.63) is 12.2 Å². The molecule has 0 aromatic rings. The lowest BCUT2D eigenvalue weighted by molar-refractivity contribution is 0.00578. The molecule has 1 rings (SSSR count). The Hall–Kier alpha value is -0.275. The Kier molecular flexibility index (Phi) is 3.91. The van der Waals surface area contributed by atoms with Gasteiger partial charge in [-0.05, 0) is 53.3 Å². The third-order valence-corrected chi connectivity index (χ3v) is 3.98. The maximum absolute atomic E-state index is 5.94. The molecule has 1 atom stereocenters. The Labute approximate surface area is 101 Å². The lowest BCUT2D eigenvalue weighted by Gasteiger charge is -2.32. The van der Waals surface area contributed by atoms with E-state index in [9.17, 15) is 0 Å². The molecule has 0 radical (unpaired) electrons. The monoisotopic (exact) mass is 224 g/mol. The molecule has 92 valence electrons. The Balaban J connectivity index is 2.46. The number of allylic oxidation sites excluding steroid dienone is 1. The van der Waals surface area contributed by atoms with E-state index < -0.39 is 0 Å². The van der Waals surface area contributed by atoms with Crippen molar-refractivity contribution in [1.29, 1.82) is 0 Å². The molecule has 16 heavy (non-hydrogen) atoms. The second-order valence-electron chi connectivity index (χ2n) is 6.01. The molecule has 3 heteroatoms. The highest BCUT2D eigenvalue weighted by Gasteiger charge is 2.50. The van der Waals surface area contributed by atoms with Gasteiger partial charge in [-0.15, -0.1) is 0 Å². The number of hydrogen-bond donors (Lipinski definition) is 0. The van der Waals surface area contributed by atoms with Crippen LogP contribution in [0.2, 0.25) is 6.32 Å². The summed E-state index contributed by atoms with van der Waals surface area (Å²) in [6, 6.07) is 0. The van der Waals surface area contributed by atoms with E-state index in [1.165, 1.54) is 5.57 Å². The SMILES string of the molecule is C=C(C)C(C)CCB1OC(C)(C)C(C)(C)O1. The van der Waals surface area contributed by atoms with Crippen molar-refractivity contribution in [3.63, 3.8) is 0 Å². The summed E-state index contributed by atoms with van der Waals surface area (Å²) in [4.78, 5) is 0. The summed E-state index contributed by atoms with van der Waals surface area (Å²) in [5.41, 5.74) is 0.824. The summed E-state index contributed by atoms with van der Waals surface area (Å²) in [6.45, 7) is 16.6. The predicted octanol–water partition coefficient (Wildman–Crippen LogP) is 3.68. The minimum absolute atomic E-state index is 0.0631. The first-order valence-electron chi connectivity index (χ1n) is 6.17. The highest BCUT2D eigenvalue weighted by Crippen LogP contribution is 2.38. The number of rotatable bonds is 4. The minimum atomic E-state index is -0.204. The fourth-order valence-electron chi connectivity index (χ4n) is 1.72. The molecule has 1 unspecified atom stereocenters. The highest BCUT2D eigenvalue weighted by molar-refractivity contribution is 6.45. The highest BCUT2D eigenvalue weighted by atomic mass is 16.7. The van der Waals surface area contributed by atoms with Gasteiger partial charge < -0.3 is 9.31 Å². The van der Waals surface area contributed by atoms with Crippen molar-refractivity contribution >= 4 is 7.12 Å². The fourth-order valence-corrected chi connectivity index (χ4v) is 1.72. The lowest BCUT2D eigenvalue weighted by atomic mass is 9.79. The van der Waals surface area contributed by atoms with E-state index in [2.05, 4.69) is 48.1 Å². The molecule has 1 aliphatic rings. The summed E-state index contributed by atoms with van der Waals surface area (Å²) in [6.07, 6.45) is 2.02. The van der Waals surface area contributed by atoms with Crippen LogP contribution in [0.1, 0.15) is 48.0 Å². The molecular formula is C13H25BO2. The molecule has 1 aliphatic heterocycles. The van der Waals surface area contributed by atoms with Crippen molar-refractivity contribution in [2.24, 2.45) is 5.92 Å². The third kappa shape index (κ3) is 2.89. The molecule has 2 nitrogen and oxygen atoms in total. The smallest absolute Gasteiger partial charge is 0.403 e. The molecule has 0 saturated carbocycles. The van der Waals surface area contributed by atoms with Gasteiger partial charge >= 0.3 is 7.12 Å². The molecule has 0 N–H and O–H groups in total. The van der Waals surface area contributed by atoms with Gasteiger partial charge in [0.2, 0.25) is 0 Å². The van der Waals surface area contributed by atoms with Crippen molar-refractivity contribution in [2.45, 2.75) is 65.5 Å². The zero-order chi connectivity index (χ0) is 12.6. The van der Waals surface area contributed by atoms with Crippen LogP contribution in [-0.2, 0) is 9.31 Å². The summed E-state index contributed by atoms with van der Waals surface area (Å²) in [5, 5.41) is 0. The van der Waals surface area contributed by atoms with Gasteiger partial charge in [0.15, 0.2) is 0 Å². The molecule has 1 saturated heterocycles. The van der Waals surface area contributed by atoms with E-state index in [4.69, 9.17) is 9.31 Å². The van der Waals surface area contributed by atoms with E-state index >= 15 is 0 Å². The van der Waals surface area contributed by atoms with Crippen LogP contribution in [0.4, 0.5) is 0 Å². The molecule has 0 bridgehead atoms. The van der Waals surface area contributed by atoms with E-state index in [0.717, 1.165) is 12.7 Å². The zero-order valence-electron chi connectivity index (χ0n) is 11.6. The van der Waals surface area contributed by atoms with Crippen LogP contribution in [0.3, 0.4) is 0 Å². The largest absolute Gasteiger partial charge is 0.457 e. The van der Waals surface area contributed by atoms with E-state index in [0.29, 0.717) is 5.92 Å². The summed E-state index contributed by atoms with van der Waals surface area (Å²) in [7, 11) is -0.0631. The van der Waals surface area contributed by atoms with Crippen molar-refractivity contribution in [3.8, 4) is 0 Å². The van der Waals surface area contributed by atoms with Crippen LogP contribution >= 0.6 is 0 Å². The van der Waals surface area contributed by atoms with E-state index in [1.54, 1.807) is 0 Å².